The van der Waals surface area contributed by atoms with Gasteiger partial charge in [0.2, 0.25) is 0 Å². The number of rotatable bonds is 10. The molecule has 0 amide bonds. The quantitative estimate of drug-likeness (QED) is 0.304. The summed E-state index contributed by atoms with van der Waals surface area (Å²) in [5.41, 5.74) is 1.56. The van der Waals surface area contributed by atoms with Crippen LogP contribution in [0.1, 0.15) is 56.3 Å². The number of hydrogen-bond acceptors (Lipinski definition) is 10. The molecule has 0 aliphatic carbocycles. The van der Waals surface area contributed by atoms with Crippen molar-refractivity contribution >= 4 is 46.4 Å². The van der Waals surface area contributed by atoms with Crippen LogP contribution < -0.4 is 5.32 Å². The van der Waals surface area contributed by atoms with Crippen molar-refractivity contribution in [3.63, 3.8) is 0 Å². The summed E-state index contributed by atoms with van der Waals surface area (Å²) in [5, 5.41) is 6.68. The first-order valence-electron chi connectivity index (χ1n) is 14.9. The van der Waals surface area contributed by atoms with Crippen LogP contribution in [0.5, 0.6) is 0 Å². The molecule has 3 aliphatic rings. The molecule has 2 atom stereocenters. The van der Waals surface area contributed by atoms with Crippen molar-refractivity contribution in [2.75, 3.05) is 45.9 Å². The van der Waals surface area contributed by atoms with Gasteiger partial charge < -0.3 is 24.6 Å². The molecule has 13 heteroatoms. The Bertz CT molecular complexity index is 1480. The van der Waals surface area contributed by atoms with E-state index in [0.29, 0.717) is 72.6 Å². The number of thiocarbonyl (C=S) groups is 1. The number of halogens is 1. The van der Waals surface area contributed by atoms with Gasteiger partial charge in [0.15, 0.2) is 16.0 Å². The number of aliphatic imine (C=N–C) groups is 1. The monoisotopic (exact) mass is 642 g/mol. The summed E-state index contributed by atoms with van der Waals surface area (Å²) >= 11 is 7.32. The van der Waals surface area contributed by atoms with Gasteiger partial charge in [-0.3, -0.25) is 14.7 Å². The van der Waals surface area contributed by atoms with Gasteiger partial charge in [0.1, 0.15) is 11.9 Å². The number of thiazole rings is 1. The van der Waals surface area contributed by atoms with E-state index in [1.54, 1.807) is 39.1 Å². The standard InChI is InChI=1S/C31H39FN6O4S2/c1-6-41-24(39)15-31(4,5)38-17-20-16-36(12-13-37(20)30(38)43)18-23-25(29(40)42-7-2)26(21-9-8-10-22(32)19(21)3)35-27(34-23)28-33-11-14-44-28/h8-11,14,20,26H,6-7,12-13,15-18H2,1-5H3,(H,34,35)/t20?,26-/m0/s1. The highest BCUT2D eigenvalue weighted by Crippen LogP contribution is 2.36. The summed E-state index contributed by atoms with van der Waals surface area (Å²) in [6.45, 7) is 13.0. The zero-order valence-corrected chi connectivity index (χ0v) is 27.4. The van der Waals surface area contributed by atoms with E-state index in [0.717, 1.165) is 5.11 Å². The summed E-state index contributed by atoms with van der Waals surface area (Å²) in [4.78, 5) is 41.9. The average molecular weight is 643 g/mol. The SMILES string of the molecule is CCOC(=O)CC(C)(C)N1CC2CN(CC3=C(C(=O)OCC)[C@H](c4cccc(F)c4C)N=C(c4nccs4)N3)CCN2C1=S. The molecule has 10 nitrogen and oxygen atoms in total. The van der Waals surface area contributed by atoms with Crippen molar-refractivity contribution in [2.45, 2.75) is 58.7 Å². The number of nitrogens with one attached hydrogen (secondary N) is 1. The number of carbonyl (C=O) groups is 2. The summed E-state index contributed by atoms with van der Waals surface area (Å²) in [6.07, 6.45) is 1.94. The number of aromatic nitrogens is 1. The van der Waals surface area contributed by atoms with Gasteiger partial charge in [-0.1, -0.05) is 12.1 Å². The molecule has 0 radical (unpaired) electrons. The number of carbonyl (C=O) groups excluding carboxylic acids is 2. The molecule has 0 spiro atoms. The number of hydrogen-bond donors (Lipinski definition) is 1. The highest BCUT2D eigenvalue weighted by molar-refractivity contribution is 7.80. The Kier molecular flexibility index (Phi) is 9.66. The first-order chi connectivity index (χ1) is 21.0. The Balaban J connectivity index is 1.44. The minimum atomic E-state index is -0.764. The Labute approximate surface area is 266 Å². The molecule has 2 fully saturated rings. The second kappa shape index (κ2) is 13.3. The van der Waals surface area contributed by atoms with Crippen molar-refractivity contribution < 1.29 is 23.5 Å². The number of piperazine rings is 1. The van der Waals surface area contributed by atoms with E-state index in [1.807, 2.05) is 19.2 Å². The maximum atomic E-state index is 14.8. The van der Waals surface area contributed by atoms with Crippen LogP contribution in [-0.2, 0) is 19.1 Å². The molecule has 236 valence electrons. The second-order valence-electron chi connectivity index (χ2n) is 11.7. The van der Waals surface area contributed by atoms with Crippen molar-refractivity contribution in [1.29, 1.82) is 0 Å². The molecule has 5 rings (SSSR count). The number of ether oxygens (including phenoxy) is 2. The predicted molar refractivity (Wildman–Crippen MR) is 171 cm³/mol. The number of benzene rings is 1. The zero-order chi connectivity index (χ0) is 31.6. The maximum Gasteiger partial charge on any atom is 0.338 e. The number of amidine groups is 1. The summed E-state index contributed by atoms with van der Waals surface area (Å²) < 4.78 is 25.5. The minimum Gasteiger partial charge on any atom is -0.466 e. The van der Waals surface area contributed by atoms with Crippen molar-refractivity contribution in [2.24, 2.45) is 4.99 Å². The van der Waals surface area contributed by atoms with Crippen LogP contribution in [-0.4, -0.2) is 100 Å². The molecule has 4 heterocycles. The Morgan fingerprint density at radius 1 is 1.18 bits per heavy atom. The van der Waals surface area contributed by atoms with Crippen molar-refractivity contribution in [3.8, 4) is 0 Å². The van der Waals surface area contributed by atoms with E-state index in [4.69, 9.17) is 26.7 Å². The molecule has 3 aliphatic heterocycles. The number of nitrogens with zero attached hydrogens (tertiary/aromatic N) is 5. The first kappa shape index (κ1) is 32.0. The van der Waals surface area contributed by atoms with Crippen LogP contribution in [0.15, 0.2) is 46.0 Å². The molecular weight excluding hydrogens is 604 g/mol. The Morgan fingerprint density at radius 2 is 1.95 bits per heavy atom. The average Bonchev–Trinajstić information content (AvgIpc) is 3.63. The first-order valence-corrected chi connectivity index (χ1v) is 16.2. The lowest BCUT2D eigenvalue weighted by atomic mass is 9.92. The molecule has 2 aromatic rings. The fourth-order valence-electron chi connectivity index (χ4n) is 6.07. The van der Waals surface area contributed by atoms with Crippen LogP contribution in [0, 0.1) is 12.7 Å². The van der Waals surface area contributed by atoms with Crippen LogP contribution in [0.2, 0.25) is 0 Å². The van der Waals surface area contributed by atoms with Crippen LogP contribution >= 0.6 is 23.6 Å². The van der Waals surface area contributed by atoms with Crippen LogP contribution in [0.25, 0.3) is 0 Å². The van der Waals surface area contributed by atoms with Gasteiger partial charge >= 0.3 is 11.9 Å². The molecule has 1 N–H and O–H groups in total. The normalized spacial score (nSPS) is 20.8. The topological polar surface area (TPSA) is 99.6 Å². The largest absolute Gasteiger partial charge is 0.466 e. The third-order valence-corrected chi connectivity index (χ3v) is 9.53. The molecule has 0 saturated carbocycles. The summed E-state index contributed by atoms with van der Waals surface area (Å²) in [5.74, 6) is -0.558. The fraction of sp³-hybridized carbons (Fsp3) is 0.516. The lowest BCUT2D eigenvalue weighted by molar-refractivity contribution is -0.145. The highest BCUT2D eigenvalue weighted by Gasteiger charge is 2.45. The third-order valence-electron chi connectivity index (χ3n) is 8.29. The zero-order valence-electron chi connectivity index (χ0n) is 25.8. The van der Waals surface area contributed by atoms with Gasteiger partial charge in [-0.15, -0.1) is 11.3 Å². The van der Waals surface area contributed by atoms with E-state index in [-0.39, 0.29) is 30.9 Å². The van der Waals surface area contributed by atoms with Crippen LogP contribution in [0.3, 0.4) is 0 Å². The van der Waals surface area contributed by atoms with E-state index in [1.165, 1.54) is 17.4 Å². The second-order valence-corrected chi connectivity index (χ2v) is 12.9. The molecule has 1 unspecified atom stereocenters. The van der Waals surface area contributed by atoms with Gasteiger partial charge in [-0.2, -0.15) is 0 Å². The molecule has 44 heavy (non-hydrogen) atoms. The van der Waals surface area contributed by atoms with Crippen molar-refractivity contribution in [1.82, 2.24) is 25.0 Å². The Morgan fingerprint density at radius 3 is 2.66 bits per heavy atom. The van der Waals surface area contributed by atoms with Crippen molar-refractivity contribution in [3.05, 3.63) is 63.0 Å². The number of fused-ring (bicyclic) bond motifs is 1. The van der Waals surface area contributed by atoms with E-state index in [2.05, 4.69) is 25.0 Å². The Hall–Kier alpha value is -3.42. The van der Waals surface area contributed by atoms with Gasteiger partial charge in [-0.05, 0) is 64.0 Å². The van der Waals surface area contributed by atoms with E-state index < -0.39 is 17.6 Å². The van der Waals surface area contributed by atoms with Gasteiger partial charge in [0.25, 0.3) is 0 Å². The molecule has 0 bridgehead atoms. The lowest BCUT2D eigenvalue weighted by Gasteiger charge is -2.39. The van der Waals surface area contributed by atoms with E-state index >= 15 is 0 Å². The van der Waals surface area contributed by atoms with Gasteiger partial charge in [0, 0.05) is 55.5 Å². The predicted octanol–water partition coefficient (Wildman–Crippen LogP) is 3.82. The summed E-state index contributed by atoms with van der Waals surface area (Å²) in [6, 6.07) is 4.20. The maximum absolute atomic E-state index is 14.8. The third kappa shape index (κ3) is 6.50. The van der Waals surface area contributed by atoms with E-state index in [9.17, 15) is 14.0 Å². The molecule has 2 saturated heterocycles. The minimum absolute atomic E-state index is 0.112. The highest BCUT2D eigenvalue weighted by atomic mass is 32.1. The fourth-order valence-corrected chi connectivity index (χ4v) is 7.22. The van der Waals surface area contributed by atoms with Gasteiger partial charge in [-0.25, -0.2) is 14.2 Å². The smallest absolute Gasteiger partial charge is 0.338 e. The molecule has 1 aromatic heterocycles. The molecular formula is C31H39FN6O4S2. The number of esters is 2. The lowest BCUT2D eigenvalue weighted by Crippen LogP contribution is -2.53. The molecule has 1 aromatic carbocycles. The summed E-state index contributed by atoms with van der Waals surface area (Å²) in [7, 11) is 0. The van der Waals surface area contributed by atoms with Crippen LogP contribution in [0.4, 0.5) is 4.39 Å². The van der Waals surface area contributed by atoms with Gasteiger partial charge in [0.05, 0.1) is 31.2 Å².